The van der Waals surface area contributed by atoms with Crippen LogP contribution in [-0.4, -0.2) is 45.9 Å². The number of benzene rings is 2. The zero-order valence-electron chi connectivity index (χ0n) is 18.1. The zero-order valence-corrected chi connectivity index (χ0v) is 18.1. The first-order valence-corrected chi connectivity index (χ1v) is 10.5. The molecule has 0 amide bonds. The van der Waals surface area contributed by atoms with E-state index in [1.165, 1.54) is 0 Å². The summed E-state index contributed by atoms with van der Waals surface area (Å²) in [6.07, 6.45) is 1.07. The number of ether oxygens (including phenoxy) is 3. The summed E-state index contributed by atoms with van der Waals surface area (Å²) in [5.74, 6) is 3.21. The quantitative estimate of drug-likeness (QED) is 0.482. The molecule has 30 heavy (non-hydrogen) atoms. The minimum Gasteiger partial charge on any atom is -0.495 e. The number of rotatable bonds is 9. The summed E-state index contributed by atoms with van der Waals surface area (Å²) in [4.78, 5) is 6.93. The second-order valence-corrected chi connectivity index (χ2v) is 7.15. The smallest absolute Gasteiger partial charge is 0.193 e. The van der Waals surface area contributed by atoms with Gasteiger partial charge in [-0.2, -0.15) is 0 Å². The Labute approximate surface area is 178 Å². The van der Waals surface area contributed by atoms with E-state index in [0.29, 0.717) is 31.6 Å². The van der Waals surface area contributed by atoms with Gasteiger partial charge in [0.2, 0.25) is 0 Å². The number of methoxy groups -OCH3 is 1. The number of hydrogen-bond acceptors (Lipinski definition) is 5. The lowest BCUT2D eigenvalue weighted by Crippen LogP contribution is -2.25. The third-order valence-corrected chi connectivity index (χ3v) is 5.06. The molecule has 7 heteroatoms. The number of para-hydroxylation sites is 2. The minimum absolute atomic E-state index is 0.375. The van der Waals surface area contributed by atoms with Crippen LogP contribution >= 0.6 is 0 Å². The van der Waals surface area contributed by atoms with E-state index >= 15 is 0 Å². The summed E-state index contributed by atoms with van der Waals surface area (Å²) in [6.45, 7) is 7.65. The number of nitrogens with one attached hydrogen (secondary N) is 1. The van der Waals surface area contributed by atoms with Crippen LogP contribution < -0.4 is 30.2 Å². The second-order valence-electron chi connectivity index (χ2n) is 7.15. The summed E-state index contributed by atoms with van der Waals surface area (Å²) in [7, 11) is 1.71. The van der Waals surface area contributed by atoms with Gasteiger partial charge >= 0.3 is 0 Å². The van der Waals surface area contributed by atoms with Crippen LogP contribution in [0.15, 0.2) is 47.5 Å². The highest BCUT2D eigenvalue weighted by Gasteiger charge is 2.24. The topological polar surface area (TPSA) is 81.3 Å². The Morgan fingerprint density at radius 1 is 1.13 bits per heavy atom. The van der Waals surface area contributed by atoms with Gasteiger partial charge in [0.1, 0.15) is 17.2 Å². The molecule has 1 aliphatic rings. The van der Waals surface area contributed by atoms with Gasteiger partial charge in [0.15, 0.2) is 5.96 Å². The lowest BCUT2D eigenvalue weighted by Gasteiger charge is -2.21. The van der Waals surface area contributed by atoms with E-state index in [0.717, 1.165) is 48.1 Å². The Balaban J connectivity index is 1.61. The first-order valence-electron chi connectivity index (χ1n) is 10.5. The molecule has 1 atom stereocenters. The molecule has 0 aromatic heterocycles. The van der Waals surface area contributed by atoms with Crippen LogP contribution in [0.5, 0.6) is 17.2 Å². The van der Waals surface area contributed by atoms with Gasteiger partial charge in [-0.05, 0) is 50.5 Å². The van der Waals surface area contributed by atoms with Gasteiger partial charge in [-0.1, -0.05) is 12.1 Å². The van der Waals surface area contributed by atoms with Crippen molar-refractivity contribution in [3.05, 3.63) is 42.5 Å². The highest BCUT2D eigenvalue weighted by Crippen LogP contribution is 2.32. The molecule has 1 aliphatic heterocycles. The first kappa shape index (κ1) is 21.6. The Morgan fingerprint density at radius 3 is 2.70 bits per heavy atom. The van der Waals surface area contributed by atoms with Crippen LogP contribution in [0.4, 0.5) is 11.4 Å². The molecule has 0 bridgehead atoms. The van der Waals surface area contributed by atoms with E-state index in [1.54, 1.807) is 7.11 Å². The van der Waals surface area contributed by atoms with E-state index in [4.69, 9.17) is 19.9 Å². The molecule has 3 rings (SSSR count). The van der Waals surface area contributed by atoms with E-state index in [1.807, 2.05) is 50.2 Å². The lowest BCUT2D eigenvalue weighted by molar-refractivity contribution is 0.332. The molecule has 3 N–H and O–H groups in total. The molecule has 162 valence electrons. The molecular formula is C23H32N4O3. The highest BCUT2D eigenvalue weighted by molar-refractivity contribution is 5.94. The molecule has 2 aromatic carbocycles. The third-order valence-electron chi connectivity index (χ3n) is 5.06. The normalized spacial score (nSPS) is 16.4. The van der Waals surface area contributed by atoms with Crippen molar-refractivity contribution in [2.75, 3.05) is 50.2 Å². The van der Waals surface area contributed by atoms with Crippen molar-refractivity contribution in [1.29, 1.82) is 0 Å². The van der Waals surface area contributed by atoms with Crippen molar-refractivity contribution in [1.82, 2.24) is 0 Å². The largest absolute Gasteiger partial charge is 0.495 e. The summed E-state index contributed by atoms with van der Waals surface area (Å²) >= 11 is 0. The van der Waals surface area contributed by atoms with Crippen molar-refractivity contribution in [3.63, 3.8) is 0 Å². The first-order chi connectivity index (χ1) is 14.6. The monoisotopic (exact) mass is 412 g/mol. The SMILES string of the molecule is CCOc1ccc(OCC)c(NC(N)=NCC2CCN(c3ccccc3OC)C2)c1. The van der Waals surface area contributed by atoms with E-state index in [-0.39, 0.29) is 0 Å². The van der Waals surface area contributed by atoms with E-state index in [9.17, 15) is 0 Å². The van der Waals surface area contributed by atoms with Crippen molar-refractivity contribution in [3.8, 4) is 17.2 Å². The maximum Gasteiger partial charge on any atom is 0.193 e. The fraction of sp³-hybridized carbons (Fsp3) is 0.435. The molecule has 2 aromatic rings. The van der Waals surface area contributed by atoms with Gasteiger partial charge in [0.05, 0.1) is 31.7 Å². The van der Waals surface area contributed by atoms with Crippen molar-refractivity contribution in [2.24, 2.45) is 16.6 Å². The maximum atomic E-state index is 6.17. The van der Waals surface area contributed by atoms with E-state index in [2.05, 4.69) is 21.3 Å². The van der Waals surface area contributed by atoms with Crippen LogP contribution in [0.3, 0.4) is 0 Å². The van der Waals surface area contributed by atoms with Crippen molar-refractivity contribution >= 4 is 17.3 Å². The van der Waals surface area contributed by atoms with Gasteiger partial charge in [0, 0.05) is 25.7 Å². The number of anilines is 2. The standard InChI is InChI=1S/C23H32N4O3/c1-4-29-18-10-11-21(30-5-2)19(14-18)26-23(24)25-15-17-12-13-27(16-17)20-8-6-7-9-22(20)28-3/h6-11,14,17H,4-5,12-13,15-16H2,1-3H3,(H3,24,25,26). The molecule has 1 saturated heterocycles. The molecular weight excluding hydrogens is 380 g/mol. The van der Waals surface area contributed by atoms with Crippen LogP contribution in [0.1, 0.15) is 20.3 Å². The van der Waals surface area contributed by atoms with Crippen LogP contribution in [0, 0.1) is 5.92 Å². The minimum atomic E-state index is 0.375. The van der Waals surface area contributed by atoms with Crippen molar-refractivity contribution in [2.45, 2.75) is 20.3 Å². The molecule has 1 fully saturated rings. The number of nitrogens with zero attached hydrogens (tertiary/aromatic N) is 2. The third kappa shape index (κ3) is 5.49. The maximum absolute atomic E-state index is 6.17. The van der Waals surface area contributed by atoms with Crippen molar-refractivity contribution < 1.29 is 14.2 Å². The Bertz CT molecular complexity index is 856. The summed E-state index contributed by atoms with van der Waals surface area (Å²) in [5, 5.41) is 3.17. The molecule has 0 spiro atoms. The highest BCUT2D eigenvalue weighted by atomic mass is 16.5. The molecule has 0 aliphatic carbocycles. The van der Waals surface area contributed by atoms with Gasteiger partial charge in [-0.15, -0.1) is 0 Å². The summed E-state index contributed by atoms with van der Waals surface area (Å²) in [5.41, 5.74) is 8.06. The molecule has 1 heterocycles. The van der Waals surface area contributed by atoms with Crippen LogP contribution in [-0.2, 0) is 0 Å². The number of nitrogens with two attached hydrogens (primary N) is 1. The number of aliphatic imine (C=N–C) groups is 1. The predicted octanol–water partition coefficient (Wildman–Crippen LogP) is 3.75. The molecule has 0 saturated carbocycles. The van der Waals surface area contributed by atoms with Crippen LogP contribution in [0.25, 0.3) is 0 Å². The Morgan fingerprint density at radius 2 is 1.93 bits per heavy atom. The van der Waals surface area contributed by atoms with E-state index < -0.39 is 0 Å². The molecule has 0 radical (unpaired) electrons. The van der Waals surface area contributed by atoms with Gasteiger partial charge in [-0.25, -0.2) is 0 Å². The predicted molar refractivity (Wildman–Crippen MR) is 122 cm³/mol. The Hall–Kier alpha value is -3.09. The fourth-order valence-electron chi connectivity index (χ4n) is 3.64. The summed E-state index contributed by atoms with van der Waals surface area (Å²) in [6, 6.07) is 13.8. The average Bonchev–Trinajstić information content (AvgIpc) is 3.23. The fourth-order valence-corrected chi connectivity index (χ4v) is 3.64. The van der Waals surface area contributed by atoms with Gasteiger partial charge in [0.25, 0.3) is 0 Å². The van der Waals surface area contributed by atoms with Gasteiger partial charge in [-0.3, -0.25) is 4.99 Å². The summed E-state index contributed by atoms with van der Waals surface area (Å²) < 4.78 is 16.8. The number of guanidine groups is 1. The zero-order chi connectivity index (χ0) is 21.3. The van der Waals surface area contributed by atoms with Gasteiger partial charge < -0.3 is 30.2 Å². The average molecular weight is 413 g/mol. The molecule has 7 nitrogen and oxygen atoms in total. The Kier molecular flexibility index (Phi) is 7.65. The molecule has 1 unspecified atom stereocenters. The van der Waals surface area contributed by atoms with Crippen LogP contribution in [0.2, 0.25) is 0 Å². The number of hydrogen-bond donors (Lipinski definition) is 2. The second kappa shape index (κ2) is 10.6. The lowest BCUT2D eigenvalue weighted by atomic mass is 10.1.